The lowest BCUT2D eigenvalue weighted by Crippen LogP contribution is -1.92. The van der Waals surface area contributed by atoms with Crippen LogP contribution < -0.4 is 0 Å². The average molecular weight is 615 g/mol. The van der Waals surface area contributed by atoms with E-state index in [1.807, 2.05) is 48.5 Å². The van der Waals surface area contributed by atoms with Crippen LogP contribution in [0.3, 0.4) is 0 Å². The Bertz CT molecular complexity index is 2830. The minimum atomic E-state index is 0.799. The minimum absolute atomic E-state index is 0.799. The standard InChI is InChI=1S/C44H26N2O2/c1-2-11-27(12-3-1)37-25-30(31-16-10-17-33-32-13-5-8-19-39(32)47-43(31)33)26-38(45-37)28-21-23-29(24-22-28)42-44-41(34-14-4-7-18-36(34)46-42)35-15-6-9-20-40(35)48-44/h1-26H. The van der Waals surface area contributed by atoms with Crippen LogP contribution in [0.4, 0.5) is 0 Å². The first-order valence-electron chi connectivity index (χ1n) is 16.1. The summed E-state index contributed by atoms with van der Waals surface area (Å²) in [5, 5.41) is 5.50. The Balaban J connectivity index is 1.14. The second-order valence-corrected chi connectivity index (χ2v) is 12.1. The third-order valence-corrected chi connectivity index (χ3v) is 9.28. The molecule has 0 aliphatic carbocycles. The summed E-state index contributed by atoms with van der Waals surface area (Å²) in [4.78, 5) is 10.3. The normalized spacial score (nSPS) is 11.8. The summed E-state index contributed by atoms with van der Waals surface area (Å²) in [5.74, 6) is 0. The van der Waals surface area contributed by atoms with Crippen molar-refractivity contribution in [2.24, 2.45) is 0 Å². The zero-order valence-electron chi connectivity index (χ0n) is 25.7. The Morgan fingerprint density at radius 3 is 1.75 bits per heavy atom. The Kier molecular flexibility index (Phi) is 5.84. The topological polar surface area (TPSA) is 52.1 Å². The number of furan rings is 2. The van der Waals surface area contributed by atoms with E-state index in [1.165, 1.54) is 0 Å². The molecule has 10 aromatic rings. The van der Waals surface area contributed by atoms with Crippen LogP contribution in [-0.2, 0) is 0 Å². The molecular weight excluding hydrogens is 588 g/mol. The van der Waals surface area contributed by atoms with E-state index in [0.717, 1.165) is 99.7 Å². The van der Waals surface area contributed by atoms with E-state index in [1.54, 1.807) is 0 Å². The molecular formula is C44H26N2O2. The smallest absolute Gasteiger partial charge is 0.162 e. The van der Waals surface area contributed by atoms with Crippen LogP contribution in [0, 0.1) is 0 Å². The number of rotatable bonds is 4. The molecule has 0 radical (unpaired) electrons. The van der Waals surface area contributed by atoms with Gasteiger partial charge in [0, 0.05) is 49.2 Å². The monoisotopic (exact) mass is 614 g/mol. The fraction of sp³-hybridized carbons (Fsp3) is 0. The quantitative estimate of drug-likeness (QED) is 0.198. The molecule has 4 nitrogen and oxygen atoms in total. The summed E-state index contributed by atoms with van der Waals surface area (Å²) in [6, 6.07) is 54.2. The molecule has 0 fully saturated rings. The van der Waals surface area contributed by atoms with E-state index in [2.05, 4.69) is 109 Å². The summed E-state index contributed by atoms with van der Waals surface area (Å²) in [6.45, 7) is 0. The van der Waals surface area contributed by atoms with Crippen molar-refractivity contribution in [2.45, 2.75) is 0 Å². The van der Waals surface area contributed by atoms with Gasteiger partial charge in [0.25, 0.3) is 0 Å². The van der Waals surface area contributed by atoms with Gasteiger partial charge in [-0.1, -0.05) is 127 Å². The van der Waals surface area contributed by atoms with Crippen LogP contribution in [-0.4, -0.2) is 9.97 Å². The van der Waals surface area contributed by atoms with Crippen molar-refractivity contribution in [1.82, 2.24) is 9.97 Å². The van der Waals surface area contributed by atoms with Gasteiger partial charge in [-0.05, 0) is 35.9 Å². The van der Waals surface area contributed by atoms with E-state index in [4.69, 9.17) is 18.8 Å². The highest BCUT2D eigenvalue weighted by molar-refractivity contribution is 6.20. The largest absolute Gasteiger partial charge is 0.455 e. The summed E-state index contributed by atoms with van der Waals surface area (Å²) in [6.07, 6.45) is 0. The highest BCUT2D eigenvalue weighted by atomic mass is 16.3. The third-order valence-electron chi connectivity index (χ3n) is 9.28. The Morgan fingerprint density at radius 2 is 0.958 bits per heavy atom. The minimum Gasteiger partial charge on any atom is -0.455 e. The number of aromatic nitrogens is 2. The number of hydrogen-bond acceptors (Lipinski definition) is 4. The Morgan fingerprint density at radius 1 is 0.375 bits per heavy atom. The van der Waals surface area contributed by atoms with E-state index in [0.29, 0.717) is 0 Å². The summed E-state index contributed by atoms with van der Waals surface area (Å²) >= 11 is 0. The van der Waals surface area contributed by atoms with E-state index in [9.17, 15) is 0 Å². The number of fused-ring (bicyclic) bond motifs is 8. The molecule has 0 spiro atoms. The van der Waals surface area contributed by atoms with Crippen molar-refractivity contribution in [3.05, 3.63) is 158 Å². The number of benzene rings is 6. The molecule has 0 bridgehead atoms. The molecule has 0 N–H and O–H groups in total. The van der Waals surface area contributed by atoms with Gasteiger partial charge in [-0.15, -0.1) is 0 Å². The van der Waals surface area contributed by atoms with Crippen molar-refractivity contribution >= 4 is 54.8 Å². The van der Waals surface area contributed by atoms with Crippen molar-refractivity contribution in [1.29, 1.82) is 0 Å². The highest BCUT2D eigenvalue weighted by Crippen LogP contribution is 2.41. The molecule has 4 heteroatoms. The van der Waals surface area contributed by atoms with Crippen molar-refractivity contribution in [3.8, 4) is 44.9 Å². The van der Waals surface area contributed by atoms with Crippen LogP contribution >= 0.6 is 0 Å². The van der Waals surface area contributed by atoms with Gasteiger partial charge in [-0.25, -0.2) is 9.97 Å². The first-order chi connectivity index (χ1) is 23.8. The van der Waals surface area contributed by atoms with Crippen LogP contribution in [0.25, 0.3) is 99.7 Å². The maximum atomic E-state index is 6.46. The summed E-state index contributed by atoms with van der Waals surface area (Å²) in [7, 11) is 0. The first-order valence-corrected chi connectivity index (χ1v) is 16.1. The van der Waals surface area contributed by atoms with Crippen LogP contribution in [0.2, 0.25) is 0 Å². The first kappa shape index (κ1) is 26.7. The lowest BCUT2D eigenvalue weighted by Gasteiger charge is -2.11. The molecule has 6 aromatic carbocycles. The third kappa shape index (κ3) is 4.16. The van der Waals surface area contributed by atoms with E-state index < -0.39 is 0 Å². The Labute approximate surface area is 275 Å². The second kappa shape index (κ2) is 10.5. The molecule has 0 amide bonds. The zero-order valence-corrected chi connectivity index (χ0v) is 25.7. The molecule has 0 aliphatic rings. The van der Waals surface area contributed by atoms with Crippen molar-refractivity contribution in [3.63, 3.8) is 0 Å². The molecule has 0 saturated carbocycles. The van der Waals surface area contributed by atoms with Crippen LogP contribution in [0.15, 0.2) is 167 Å². The number of hydrogen-bond donors (Lipinski definition) is 0. The van der Waals surface area contributed by atoms with Gasteiger partial charge in [0.2, 0.25) is 0 Å². The molecule has 10 rings (SSSR count). The molecule has 0 atom stereocenters. The van der Waals surface area contributed by atoms with Crippen molar-refractivity contribution in [2.75, 3.05) is 0 Å². The SMILES string of the molecule is c1ccc(-c2cc(-c3cccc4c3oc3ccccc34)cc(-c3ccc(-c4nc5ccccc5c5c4oc4ccccc45)cc3)n2)cc1. The van der Waals surface area contributed by atoms with Crippen molar-refractivity contribution < 1.29 is 8.83 Å². The molecule has 0 aliphatic heterocycles. The number of pyridine rings is 2. The number of nitrogens with zero attached hydrogens (tertiary/aromatic N) is 2. The Hall–Kier alpha value is -6.52. The van der Waals surface area contributed by atoms with E-state index in [-0.39, 0.29) is 0 Å². The average Bonchev–Trinajstić information content (AvgIpc) is 3.74. The van der Waals surface area contributed by atoms with Gasteiger partial charge in [0.05, 0.1) is 16.9 Å². The maximum Gasteiger partial charge on any atom is 0.162 e. The van der Waals surface area contributed by atoms with Gasteiger partial charge >= 0.3 is 0 Å². The number of para-hydroxylation sites is 4. The van der Waals surface area contributed by atoms with Gasteiger partial charge in [0.15, 0.2) is 5.58 Å². The lowest BCUT2D eigenvalue weighted by atomic mass is 9.97. The lowest BCUT2D eigenvalue weighted by molar-refractivity contribution is 0.668. The molecule has 0 unspecified atom stereocenters. The zero-order chi connectivity index (χ0) is 31.6. The predicted molar refractivity (Wildman–Crippen MR) is 196 cm³/mol. The van der Waals surface area contributed by atoms with Gasteiger partial charge < -0.3 is 8.83 Å². The molecule has 0 saturated heterocycles. The van der Waals surface area contributed by atoms with E-state index >= 15 is 0 Å². The van der Waals surface area contributed by atoms with Crippen LogP contribution in [0.5, 0.6) is 0 Å². The fourth-order valence-corrected chi connectivity index (χ4v) is 6.99. The molecule has 48 heavy (non-hydrogen) atoms. The summed E-state index contributed by atoms with van der Waals surface area (Å²) in [5.41, 5.74) is 12.1. The molecule has 224 valence electrons. The second-order valence-electron chi connectivity index (χ2n) is 12.1. The predicted octanol–water partition coefficient (Wildman–Crippen LogP) is 12.1. The van der Waals surface area contributed by atoms with Gasteiger partial charge in [-0.3, -0.25) is 0 Å². The summed E-state index contributed by atoms with van der Waals surface area (Å²) < 4.78 is 12.9. The van der Waals surface area contributed by atoms with Gasteiger partial charge in [0.1, 0.15) is 22.4 Å². The molecule has 4 heterocycles. The maximum absolute atomic E-state index is 6.46. The fourth-order valence-electron chi connectivity index (χ4n) is 6.99. The van der Waals surface area contributed by atoms with Crippen LogP contribution in [0.1, 0.15) is 0 Å². The molecule has 4 aromatic heterocycles. The van der Waals surface area contributed by atoms with Gasteiger partial charge in [-0.2, -0.15) is 0 Å². The highest BCUT2D eigenvalue weighted by Gasteiger charge is 2.19.